The fourth-order valence-electron chi connectivity index (χ4n) is 4.53. The first-order valence-electron chi connectivity index (χ1n) is 11.3. The summed E-state index contributed by atoms with van der Waals surface area (Å²) in [6.45, 7) is 4.20. The second kappa shape index (κ2) is 9.55. The van der Waals surface area contributed by atoms with Crippen LogP contribution >= 0.6 is 11.3 Å². The van der Waals surface area contributed by atoms with Crippen molar-refractivity contribution in [3.63, 3.8) is 0 Å². The van der Waals surface area contributed by atoms with Crippen LogP contribution in [-0.4, -0.2) is 54.1 Å². The summed E-state index contributed by atoms with van der Waals surface area (Å²) in [4.78, 5) is 27.2. The molecule has 4 rings (SSSR count). The van der Waals surface area contributed by atoms with Crippen LogP contribution in [-0.2, 0) is 39.4 Å². The number of carbonyl (C=O) groups excluding carboxylic acids is 2. The maximum absolute atomic E-state index is 13.2. The van der Waals surface area contributed by atoms with E-state index in [-0.39, 0.29) is 24.0 Å². The normalized spacial score (nSPS) is 19.2. The molecule has 0 radical (unpaired) electrons. The second-order valence-corrected chi connectivity index (χ2v) is 11.6. The zero-order chi connectivity index (χ0) is 23.8. The third-order valence-corrected chi connectivity index (χ3v) is 9.63. The van der Waals surface area contributed by atoms with Crippen molar-refractivity contribution in [3.05, 3.63) is 27.9 Å². The van der Waals surface area contributed by atoms with Crippen LogP contribution in [0.3, 0.4) is 0 Å². The van der Waals surface area contributed by atoms with Crippen LogP contribution < -0.4 is 5.32 Å². The molecule has 1 amide bonds. The summed E-state index contributed by atoms with van der Waals surface area (Å²) < 4.78 is 34.5. The van der Waals surface area contributed by atoms with Gasteiger partial charge in [-0.1, -0.05) is 0 Å². The number of aryl methyl sites for hydroxylation is 2. The van der Waals surface area contributed by atoms with Crippen LogP contribution in [0.25, 0.3) is 0 Å². The van der Waals surface area contributed by atoms with Gasteiger partial charge in [0.1, 0.15) is 9.90 Å². The zero-order valence-electron chi connectivity index (χ0n) is 19.2. The average molecular weight is 495 g/mol. The third kappa shape index (κ3) is 4.58. The predicted octanol–water partition coefficient (Wildman–Crippen LogP) is 2.88. The molecule has 0 spiro atoms. The van der Waals surface area contributed by atoms with Crippen molar-refractivity contribution in [2.24, 2.45) is 13.0 Å². The number of nitrogens with one attached hydrogen (secondary N) is 1. The van der Waals surface area contributed by atoms with Gasteiger partial charge in [0.15, 0.2) is 0 Å². The van der Waals surface area contributed by atoms with E-state index in [9.17, 15) is 18.0 Å². The summed E-state index contributed by atoms with van der Waals surface area (Å²) in [5.41, 5.74) is 2.01. The van der Waals surface area contributed by atoms with Crippen LogP contribution in [0.15, 0.2) is 11.1 Å². The van der Waals surface area contributed by atoms with Crippen LogP contribution in [0.2, 0.25) is 0 Å². The number of aromatic nitrogens is 2. The Kier molecular flexibility index (Phi) is 6.92. The maximum Gasteiger partial charge on any atom is 0.341 e. The van der Waals surface area contributed by atoms with Crippen molar-refractivity contribution in [2.45, 2.75) is 57.3 Å². The van der Waals surface area contributed by atoms with Crippen LogP contribution in [0.5, 0.6) is 0 Å². The van der Waals surface area contributed by atoms with Crippen LogP contribution in [0.1, 0.15) is 59.1 Å². The van der Waals surface area contributed by atoms with Crippen molar-refractivity contribution >= 4 is 38.2 Å². The Labute approximate surface area is 198 Å². The molecule has 11 heteroatoms. The fourth-order valence-corrected chi connectivity index (χ4v) is 7.52. The van der Waals surface area contributed by atoms with Gasteiger partial charge in [0, 0.05) is 25.0 Å². The number of sulfonamides is 1. The minimum absolute atomic E-state index is 0.0995. The number of anilines is 1. The first-order valence-corrected chi connectivity index (χ1v) is 13.6. The molecule has 3 heterocycles. The number of ether oxygens (including phenoxy) is 1. The lowest BCUT2D eigenvalue weighted by atomic mass is 9.95. The van der Waals surface area contributed by atoms with Crippen molar-refractivity contribution < 1.29 is 22.7 Å². The number of carbonyl (C=O) groups is 2. The smallest absolute Gasteiger partial charge is 0.341 e. The molecular formula is C22H30N4O5S2. The van der Waals surface area contributed by atoms with Gasteiger partial charge < -0.3 is 10.1 Å². The Morgan fingerprint density at radius 1 is 1.27 bits per heavy atom. The maximum atomic E-state index is 13.2. The molecular weight excluding hydrogens is 464 g/mol. The molecule has 2 aliphatic rings. The topological polar surface area (TPSA) is 111 Å². The number of esters is 1. The molecule has 2 aromatic heterocycles. The summed E-state index contributed by atoms with van der Waals surface area (Å²) >= 11 is 1.44. The molecule has 33 heavy (non-hydrogen) atoms. The molecule has 2 aromatic rings. The molecule has 1 fully saturated rings. The molecule has 1 aliphatic heterocycles. The Morgan fingerprint density at radius 2 is 2.03 bits per heavy atom. The first kappa shape index (κ1) is 23.9. The molecule has 9 nitrogen and oxygen atoms in total. The molecule has 0 aromatic carbocycles. The van der Waals surface area contributed by atoms with Gasteiger partial charge in [0.25, 0.3) is 0 Å². The standard InChI is InChI=1S/C22H30N4O5S2/c1-4-31-22(28)19-16-9-5-6-10-17(16)32-21(19)24-20(27)15-8-7-11-26(13-15)33(29,30)18-12-23-25(3)14(18)2/h12,15H,4-11,13H2,1-3H3,(H,24,27)/t15-/m1/s1. The van der Waals surface area contributed by atoms with Gasteiger partial charge in [-0.05, 0) is 57.9 Å². The van der Waals surface area contributed by atoms with Gasteiger partial charge in [-0.2, -0.15) is 9.40 Å². The summed E-state index contributed by atoms with van der Waals surface area (Å²) in [6.07, 6.45) is 6.29. The lowest BCUT2D eigenvalue weighted by molar-refractivity contribution is -0.120. The van der Waals surface area contributed by atoms with E-state index in [1.165, 1.54) is 26.5 Å². The summed E-state index contributed by atoms with van der Waals surface area (Å²) in [7, 11) is -2.05. The minimum atomic E-state index is -3.74. The highest BCUT2D eigenvalue weighted by Crippen LogP contribution is 2.39. The Morgan fingerprint density at radius 3 is 2.73 bits per heavy atom. The molecule has 1 aliphatic carbocycles. The lowest BCUT2D eigenvalue weighted by Gasteiger charge is -2.31. The zero-order valence-corrected chi connectivity index (χ0v) is 20.9. The fraction of sp³-hybridized carbons (Fsp3) is 0.591. The van der Waals surface area contributed by atoms with Gasteiger partial charge in [-0.15, -0.1) is 11.3 Å². The highest BCUT2D eigenvalue weighted by molar-refractivity contribution is 7.89. The van der Waals surface area contributed by atoms with Crippen molar-refractivity contribution in [1.82, 2.24) is 14.1 Å². The van der Waals surface area contributed by atoms with E-state index in [0.717, 1.165) is 36.1 Å². The molecule has 1 saturated heterocycles. The van der Waals surface area contributed by atoms with E-state index >= 15 is 0 Å². The summed E-state index contributed by atoms with van der Waals surface area (Å²) in [5, 5.41) is 7.52. The Hall–Kier alpha value is -2.24. The molecule has 1 atom stereocenters. The van der Waals surface area contributed by atoms with E-state index in [1.54, 1.807) is 20.9 Å². The quantitative estimate of drug-likeness (QED) is 0.618. The van der Waals surface area contributed by atoms with Gasteiger partial charge in [0.05, 0.1) is 30.0 Å². The number of nitrogens with zero attached hydrogens (tertiary/aromatic N) is 3. The first-order chi connectivity index (χ1) is 15.7. The molecule has 0 unspecified atom stereocenters. The van der Waals surface area contributed by atoms with Crippen molar-refractivity contribution in [3.8, 4) is 0 Å². The molecule has 0 bridgehead atoms. The number of rotatable bonds is 6. The summed E-state index contributed by atoms with van der Waals surface area (Å²) in [5.74, 6) is -1.17. The van der Waals surface area contributed by atoms with E-state index < -0.39 is 21.9 Å². The van der Waals surface area contributed by atoms with Crippen LogP contribution in [0, 0.1) is 12.8 Å². The van der Waals surface area contributed by atoms with Gasteiger partial charge in [-0.25, -0.2) is 13.2 Å². The largest absolute Gasteiger partial charge is 0.462 e. The third-order valence-electron chi connectivity index (χ3n) is 6.45. The number of amides is 1. The number of thiophene rings is 1. The average Bonchev–Trinajstić information content (AvgIpc) is 3.33. The lowest BCUT2D eigenvalue weighted by Crippen LogP contribution is -2.43. The van der Waals surface area contributed by atoms with E-state index in [1.807, 2.05) is 0 Å². The number of hydrogen-bond acceptors (Lipinski definition) is 7. The summed E-state index contributed by atoms with van der Waals surface area (Å²) in [6, 6.07) is 0. The Bertz CT molecular complexity index is 1170. The van der Waals surface area contributed by atoms with Gasteiger partial charge in [0.2, 0.25) is 15.9 Å². The van der Waals surface area contributed by atoms with E-state index in [2.05, 4.69) is 10.4 Å². The Balaban J connectivity index is 1.54. The number of fused-ring (bicyclic) bond motifs is 1. The number of hydrogen-bond donors (Lipinski definition) is 1. The van der Waals surface area contributed by atoms with E-state index in [4.69, 9.17) is 4.74 Å². The highest BCUT2D eigenvalue weighted by Gasteiger charge is 2.36. The van der Waals surface area contributed by atoms with Crippen molar-refractivity contribution in [1.29, 1.82) is 0 Å². The molecule has 1 N–H and O–H groups in total. The predicted molar refractivity (Wildman–Crippen MR) is 125 cm³/mol. The second-order valence-electron chi connectivity index (χ2n) is 8.54. The highest BCUT2D eigenvalue weighted by atomic mass is 32.2. The SMILES string of the molecule is CCOC(=O)c1c(NC(=O)[C@@H]2CCCN(S(=O)(=O)c3cnn(C)c3C)C2)sc2c1CCCC2. The number of piperidine rings is 1. The molecule has 0 saturated carbocycles. The molecule has 180 valence electrons. The van der Waals surface area contributed by atoms with Crippen molar-refractivity contribution in [2.75, 3.05) is 25.0 Å². The van der Waals surface area contributed by atoms with Gasteiger partial charge >= 0.3 is 5.97 Å². The van der Waals surface area contributed by atoms with E-state index in [0.29, 0.717) is 35.6 Å². The van der Waals surface area contributed by atoms with Crippen LogP contribution in [0.4, 0.5) is 5.00 Å². The minimum Gasteiger partial charge on any atom is -0.462 e. The monoisotopic (exact) mass is 494 g/mol. The van der Waals surface area contributed by atoms with Gasteiger partial charge in [-0.3, -0.25) is 9.48 Å².